The molecule has 0 atom stereocenters. The highest BCUT2D eigenvalue weighted by Crippen LogP contribution is 2.25. The first-order chi connectivity index (χ1) is 11.6. The molecule has 0 bridgehead atoms. The van der Waals surface area contributed by atoms with Gasteiger partial charge < -0.3 is 0 Å². The van der Waals surface area contributed by atoms with E-state index in [9.17, 15) is 8.78 Å². The standard InChI is InChI=1S/C17H12BrF2N3S/c18-15-9-14(20)7-4-12(15)10-24-17-21-16(22-23-17)8-3-11-1-5-13(19)6-2-11/h1-9H,10H2,(H,21,22,23)/b8-3+. The van der Waals surface area contributed by atoms with Crippen molar-refractivity contribution in [1.82, 2.24) is 15.2 Å². The molecule has 0 amide bonds. The Hall–Kier alpha value is -1.99. The van der Waals surface area contributed by atoms with Gasteiger partial charge in [0.15, 0.2) is 0 Å². The van der Waals surface area contributed by atoms with Gasteiger partial charge in [-0.05, 0) is 41.5 Å². The number of hydrogen-bond donors (Lipinski definition) is 1. The van der Waals surface area contributed by atoms with Crippen molar-refractivity contribution in [2.45, 2.75) is 10.9 Å². The first-order valence-electron chi connectivity index (χ1n) is 7.03. The fraction of sp³-hybridized carbons (Fsp3) is 0.0588. The van der Waals surface area contributed by atoms with E-state index in [2.05, 4.69) is 31.1 Å². The van der Waals surface area contributed by atoms with Gasteiger partial charge in [0.05, 0.1) is 0 Å². The lowest BCUT2D eigenvalue weighted by Crippen LogP contribution is -1.85. The minimum Gasteiger partial charge on any atom is -0.259 e. The molecule has 0 aliphatic rings. The highest BCUT2D eigenvalue weighted by Gasteiger charge is 2.06. The summed E-state index contributed by atoms with van der Waals surface area (Å²) >= 11 is 4.79. The molecular formula is C17H12BrF2N3S. The largest absolute Gasteiger partial charge is 0.259 e. The molecule has 0 saturated carbocycles. The zero-order chi connectivity index (χ0) is 16.9. The summed E-state index contributed by atoms with van der Waals surface area (Å²) in [6, 6.07) is 10.8. The zero-order valence-electron chi connectivity index (χ0n) is 12.3. The minimum absolute atomic E-state index is 0.266. The molecule has 0 saturated heterocycles. The van der Waals surface area contributed by atoms with Gasteiger partial charge in [0.25, 0.3) is 0 Å². The van der Waals surface area contributed by atoms with Gasteiger partial charge in [0, 0.05) is 10.2 Å². The molecule has 0 fully saturated rings. The first kappa shape index (κ1) is 16.9. The molecular weight excluding hydrogens is 396 g/mol. The van der Waals surface area contributed by atoms with Crippen molar-refractivity contribution in [3.63, 3.8) is 0 Å². The highest BCUT2D eigenvalue weighted by molar-refractivity contribution is 9.10. The second-order valence-corrected chi connectivity index (χ2v) is 6.71. The van der Waals surface area contributed by atoms with E-state index in [0.29, 0.717) is 16.7 Å². The van der Waals surface area contributed by atoms with Gasteiger partial charge in [-0.2, -0.15) is 0 Å². The predicted octanol–water partition coefficient (Wildman–Crippen LogP) is 5.31. The molecule has 3 nitrogen and oxygen atoms in total. The summed E-state index contributed by atoms with van der Waals surface area (Å²) in [7, 11) is 0. The van der Waals surface area contributed by atoms with Crippen molar-refractivity contribution in [1.29, 1.82) is 0 Å². The lowest BCUT2D eigenvalue weighted by molar-refractivity contribution is 0.626. The summed E-state index contributed by atoms with van der Waals surface area (Å²) < 4.78 is 26.6. The number of rotatable bonds is 5. The number of halogens is 3. The first-order valence-corrected chi connectivity index (χ1v) is 8.81. The topological polar surface area (TPSA) is 41.6 Å². The smallest absolute Gasteiger partial charge is 0.209 e. The van der Waals surface area contributed by atoms with E-state index in [4.69, 9.17) is 0 Å². The van der Waals surface area contributed by atoms with Crippen LogP contribution in [-0.4, -0.2) is 15.2 Å². The van der Waals surface area contributed by atoms with Crippen LogP contribution in [-0.2, 0) is 5.75 Å². The SMILES string of the molecule is Fc1ccc(/C=C/c2nc(SCc3ccc(F)cc3Br)n[nH]2)cc1. The number of hydrogen-bond acceptors (Lipinski definition) is 3. The second-order valence-electron chi connectivity index (χ2n) is 4.91. The zero-order valence-corrected chi connectivity index (χ0v) is 14.7. The highest BCUT2D eigenvalue weighted by atomic mass is 79.9. The summed E-state index contributed by atoms with van der Waals surface area (Å²) in [5.41, 5.74) is 1.84. The number of aromatic amines is 1. The van der Waals surface area contributed by atoms with Gasteiger partial charge in [-0.25, -0.2) is 13.8 Å². The van der Waals surface area contributed by atoms with E-state index < -0.39 is 0 Å². The van der Waals surface area contributed by atoms with Gasteiger partial charge in [-0.15, -0.1) is 5.10 Å². The number of benzene rings is 2. The summed E-state index contributed by atoms with van der Waals surface area (Å²) in [5.74, 6) is 0.694. The average Bonchev–Trinajstić information content (AvgIpc) is 3.01. The minimum atomic E-state index is -0.276. The van der Waals surface area contributed by atoms with Crippen LogP contribution in [0.5, 0.6) is 0 Å². The maximum atomic E-state index is 13.1. The van der Waals surface area contributed by atoms with Crippen LogP contribution < -0.4 is 0 Å². The van der Waals surface area contributed by atoms with E-state index in [-0.39, 0.29) is 11.6 Å². The summed E-state index contributed by atoms with van der Waals surface area (Å²) in [4.78, 5) is 4.35. The van der Waals surface area contributed by atoms with Gasteiger partial charge >= 0.3 is 0 Å². The molecule has 24 heavy (non-hydrogen) atoms. The number of nitrogens with one attached hydrogen (secondary N) is 1. The molecule has 0 aliphatic carbocycles. The Kier molecular flexibility index (Phi) is 5.42. The van der Waals surface area contributed by atoms with Crippen LogP contribution in [0.2, 0.25) is 0 Å². The lowest BCUT2D eigenvalue weighted by atomic mass is 10.2. The lowest BCUT2D eigenvalue weighted by Gasteiger charge is -2.02. The molecule has 0 aliphatic heterocycles. The van der Waals surface area contributed by atoms with Crippen LogP contribution >= 0.6 is 27.7 Å². The van der Waals surface area contributed by atoms with E-state index in [1.54, 1.807) is 24.3 Å². The third-order valence-corrected chi connectivity index (χ3v) is 4.79. The van der Waals surface area contributed by atoms with E-state index >= 15 is 0 Å². The number of aromatic nitrogens is 3. The van der Waals surface area contributed by atoms with Gasteiger partial charge in [0.2, 0.25) is 5.16 Å². The van der Waals surface area contributed by atoms with Crippen LogP contribution in [0.25, 0.3) is 12.2 Å². The Morgan fingerprint density at radius 3 is 2.54 bits per heavy atom. The predicted molar refractivity (Wildman–Crippen MR) is 95.4 cm³/mol. The van der Waals surface area contributed by atoms with Crippen LogP contribution in [0.4, 0.5) is 8.78 Å². The molecule has 2 aromatic carbocycles. The maximum absolute atomic E-state index is 13.1. The van der Waals surface area contributed by atoms with Crippen molar-refractivity contribution < 1.29 is 8.78 Å². The fourth-order valence-corrected chi connectivity index (χ4v) is 3.41. The van der Waals surface area contributed by atoms with Gasteiger partial charge in [-0.3, -0.25) is 5.10 Å². The number of nitrogens with zero attached hydrogens (tertiary/aromatic N) is 2. The average molecular weight is 408 g/mol. The maximum Gasteiger partial charge on any atom is 0.209 e. The Morgan fingerprint density at radius 1 is 1.04 bits per heavy atom. The van der Waals surface area contributed by atoms with Crippen LogP contribution in [0.1, 0.15) is 17.0 Å². The monoisotopic (exact) mass is 407 g/mol. The van der Waals surface area contributed by atoms with E-state index in [1.165, 1.54) is 36.0 Å². The van der Waals surface area contributed by atoms with Crippen LogP contribution in [0.15, 0.2) is 52.1 Å². The van der Waals surface area contributed by atoms with E-state index in [1.807, 2.05) is 6.08 Å². The summed E-state index contributed by atoms with van der Waals surface area (Å²) in [5, 5.41) is 7.57. The van der Waals surface area contributed by atoms with Crippen LogP contribution in [0.3, 0.4) is 0 Å². The molecule has 3 aromatic rings. The molecule has 0 unspecified atom stereocenters. The third kappa shape index (κ3) is 4.52. The second kappa shape index (κ2) is 7.72. The van der Waals surface area contributed by atoms with Crippen molar-refractivity contribution in [2.75, 3.05) is 0 Å². The normalized spacial score (nSPS) is 11.3. The molecule has 122 valence electrons. The Morgan fingerprint density at radius 2 is 1.79 bits per heavy atom. The Balaban J connectivity index is 1.62. The molecule has 0 radical (unpaired) electrons. The Labute approximate surface area is 150 Å². The number of thioether (sulfide) groups is 1. The van der Waals surface area contributed by atoms with Gasteiger partial charge in [0.1, 0.15) is 17.5 Å². The van der Waals surface area contributed by atoms with Crippen molar-refractivity contribution in [3.05, 3.63) is 75.5 Å². The summed E-state index contributed by atoms with van der Waals surface area (Å²) in [6.07, 6.45) is 3.60. The van der Waals surface area contributed by atoms with Crippen molar-refractivity contribution in [2.24, 2.45) is 0 Å². The molecule has 1 N–H and O–H groups in total. The van der Waals surface area contributed by atoms with Gasteiger partial charge in [-0.1, -0.05) is 52.0 Å². The molecule has 3 rings (SSSR count). The van der Waals surface area contributed by atoms with Crippen molar-refractivity contribution >= 4 is 39.8 Å². The molecule has 7 heteroatoms. The Bertz CT molecular complexity index is 863. The number of H-pyrrole nitrogens is 1. The molecule has 1 heterocycles. The molecule has 1 aromatic heterocycles. The summed E-state index contributed by atoms with van der Waals surface area (Å²) in [6.45, 7) is 0. The van der Waals surface area contributed by atoms with Crippen molar-refractivity contribution in [3.8, 4) is 0 Å². The van der Waals surface area contributed by atoms with Crippen LogP contribution in [0, 0.1) is 11.6 Å². The quantitative estimate of drug-likeness (QED) is 0.582. The fourth-order valence-electron chi connectivity index (χ4n) is 1.93. The van der Waals surface area contributed by atoms with E-state index in [0.717, 1.165) is 15.6 Å². The third-order valence-electron chi connectivity index (χ3n) is 3.16. The molecule has 0 spiro atoms.